The lowest BCUT2D eigenvalue weighted by molar-refractivity contribution is 0.102. The summed E-state index contributed by atoms with van der Waals surface area (Å²) < 4.78 is 2.15. The molecule has 2 heterocycles. The van der Waals surface area contributed by atoms with E-state index in [1.165, 1.54) is 0 Å². The van der Waals surface area contributed by atoms with Crippen LogP contribution in [0.1, 0.15) is 33.9 Å². The molecule has 0 radical (unpaired) electrons. The topological polar surface area (TPSA) is 50.7 Å². The Morgan fingerprint density at radius 1 is 1.27 bits per heavy atom. The number of hydrogen-bond acceptors (Lipinski definition) is 2. The summed E-state index contributed by atoms with van der Waals surface area (Å²) in [6.07, 6.45) is 5.25. The van der Waals surface area contributed by atoms with Gasteiger partial charge in [-0.1, -0.05) is 18.2 Å². The molecule has 1 aromatic carbocycles. The molecule has 22 heavy (non-hydrogen) atoms. The Kier molecular flexibility index (Phi) is 2.79. The highest BCUT2D eigenvalue weighted by atomic mass is 16.1. The summed E-state index contributed by atoms with van der Waals surface area (Å²) in [6, 6.07) is 8.12. The van der Waals surface area contributed by atoms with Crippen LogP contribution in [0, 0.1) is 6.92 Å². The largest absolute Gasteiger partial charge is 0.348 e. The first kappa shape index (κ1) is 13.1. The van der Waals surface area contributed by atoms with Gasteiger partial charge >= 0.3 is 0 Å². The van der Waals surface area contributed by atoms with Crippen molar-refractivity contribution in [3.8, 4) is 0 Å². The van der Waals surface area contributed by atoms with Crippen molar-refractivity contribution >= 4 is 22.8 Å². The molecule has 4 heteroatoms. The first-order chi connectivity index (χ1) is 10.7. The fraction of sp³-hybridized carbons (Fsp3) is 0.222. The lowest BCUT2D eigenvalue weighted by Gasteiger charge is -2.15. The molecule has 2 aromatic heterocycles. The molecule has 0 bridgehead atoms. The summed E-state index contributed by atoms with van der Waals surface area (Å²) in [4.78, 5) is 20.3. The lowest BCUT2D eigenvalue weighted by Crippen LogP contribution is -2.15. The van der Waals surface area contributed by atoms with E-state index in [0.717, 1.165) is 52.0 Å². The van der Waals surface area contributed by atoms with Crippen molar-refractivity contribution in [2.45, 2.75) is 19.8 Å². The molecule has 4 nitrogen and oxygen atoms in total. The van der Waals surface area contributed by atoms with Crippen LogP contribution in [0.3, 0.4) is 0 Å². The minimum Gasteiger partial charge on any atom is -0.348 e. The number of fused-ring (bicyclic) bond motifs is 3. The number of rotatable bonds is 1. The molecule has 1 aliphatic rings. The van der Waals surface area contributed by atoms with Gasteiger partial charge in [0.15, 0.2) is 5.78 Å². The van der Waals surface area contributed by atoms with Gasteiger partial charge in [-0.3, -0.25) is 4.79 Å². The quantitative estimate of drug-likeness (QED) is 0.698. The van der Waals surface area contributed by atoms with E-state index in [2.05, 4.69) is 20.6 Å². The standard InChI is InChI=1S/C18H17N3O/c1-11-14(20-10-19-11)9-12-7-8-16-17(18(12)22)13-5-3-4-6-15(13)21(16)2/h3-6,9-10H,7-8H2,1-2H3,(H,19,20). The van der Waals surface area contributed by atoms with Crippen molar-refractivity contribution in [2.75, 3.05) is 0 Å². The van der Waals surface area contributed by atoms with Gasteiger partial charge in [0.25, 0.3) is 0 Å². The summed E-state index contributed by atoms with van der Waals surface area (Å²) in [7, 11) is 2.04. The molecule has 0 unspecified atom stereocenters. The van der Waals surface area contributed by atoms with Crippen LogP contribution in [0.15, 0.2) is 36.2 Å². The highest BCUT2D eigenvalue weighted by molar-refractivity contribution is 6.19. The predicted octanol–water partition coefficient (Wildman–Crippen LogP) is 3.42. The summed E-state index contributed by atoms with van der Waals surface area (Å²) in [5, 5.41) is 1.05. The van der Waals surface area contributed by atoms with Gasteiger partial charge < -0.3 is 9.55 Å². The SMILES string of the molecule is Cc1[nH]cnc1C=C1CCc2c(c3ccccc3n2C)C1=O. The number of nitrogens with one attached hydrogen (secondary N) is 1. The van der Waals surface area contributed by atoms with E-state index >= 15 is 0 Å². The monoisotopic (exact) mass is 291 g/mol. The van der Waals surface area contributed by atoms with E-state index in [1.807, 2.05) is 38.2 Å². The number of hydrogen-bond donors (Lipinski definition) is 1. The number of aromatic amines is 1. The maximum Gasteiger partial charge on any atom is 0.191 e. The Morgan fingerprint density at radius 3 is 2.86 bits per heavy atom. The van der Waals surface area contributed by atoms with Crippen LogP contribution in [0.25, 0.3) is 17.0 Å². The van der Waals surface area contributed by atoms with Gasteiger partial charge in [0.1, 0.15) is 0 Å². The van der Waals surface area contributed by atoms with E-state index in [1.54, 1.807) is 6.33 Å². The molecule has 0 atom stereocenters. The molecule has 0 spiro atoms. The van der Waals surface area contributed by atoms with Crippen LogP contribution in [0.5, 0.6) is 0 Å². The Balaban J connectivity index is 1.89. The maximum absolute atomic E-state index is 13.0. The van der Waals surface area contributed by atoms with E-state index in [0.29, 0.717) is 0 Å². The van der Waals surface area contributed by atoms with Crippen molar-refractivity contribution in [2.24, 2.45) is 7.05 Å². The Labute approximate surface area is 128 Å². The zero-order chi connectivity index (χ0) is 15.3. The van der Waals surface area contributed by atoms with E-state index in [9.17, 15) is 4.79 Å². The number of para-hydroxylation sites is 1. The third kappa shape index (κ3) is 1.77. The number of aryl methyl sites for hydroxylation is 2. The second-order valence-corrected chi connectivity index (χ2v) is 5.81. The number of allylic oxidation sites excluding steroid dienone is 1. The number of H-pyrrole nitrogens is 1. The van der Waals surface area contributed by atoms with Gasteiger partial charge in [0.05, 0.1) is 17.6 Å². The van der Waals surface area contributed by atoms with Gasteiger partial charge in [-0.2, -0.15) is 0 Å². The molecule has 110 valence electrons. The first-order valence-electron chi connectivity index (χ1n) is 7.48. The van der Waals surface area contributed by atoms with E-state index in [4.69, 9.17) is 0 Å². The van der Waals surface area contributed by atoms with Crippen molar-refractivity contribution in [3.63, 3.8) is 0 Å². The molecule has 0 amide bonds. The molecular formula is C18H17N3O. The van der Waals surface area contributed by atoms with Crippen LogP contribution >= 0.6 is 0 Å². The third-order valence-corrected chi connectivity index (χ3v) is 4.56. The predicted molar refractivity (Wildman–Crippen MR) is 86.9 cm³/mol. The lowest BCUT2D eigenvalue weighted by atomic mass is 9.89. The number of imidazole rings is 1. The molecule has 0 fully saturated rings. The van der Waals surface area contributed by atoms with Gasteiger partial charge in [-0.05, 0) is 31.9 Å². The molecule has 0 aliphatic heterocycles. The number of ketones is 1. The number of nitrogens with zero attached hydrogens (tertiary/aromatic N) is 2. The summed E-state index contributed by atoms with van der Waals surface area (Å²) in [5.74, 6) is 0.139. The fourth-order valence-corrected chi connectivity index (χ4v) is 3.34. The van der Waals surface area contributed by atoms with Crippen LogP contribution in [-0.4, -0.2) is 20.3 Å². The van der Waals surface area contributed by atoms with Crippen LogP contribution in [-0.2, 0) is 13.5 Å². The van der Waals surface area contributed by atoms with Gasteiger partial charge in [-0.25, -0.2) is 4.98 Å². The Hall–Kier alpha value is -2.62. The summed E-state index contributed by atoms with van der Waals surface area (Å²) >= 11 is 0. The second-order valence-electron chi connectivity index (χ2n) is 5.81. The normalized spacial score (nSPS) is 16.5. The highest BCUT2D eigenvalue weighted by Crippen LogP contribution is 2.34. The number of carbonyl (C=O) groups excluding carboxylic acids is 1. The van der Waals surface area contributed by atoms with E-state index < -0.39 is 0 Å². The summed E-state index contributed by atoms with van der Waals surface area (Å²) in [5.41, 5.74) is 5.82. The zero-order valence-electron chi connectivity index (χ0n) is 12.7. The third-order valence-electron chi connectivity index (χ3n) is 4.56. The molecule has 0 saturated carbocycles. The highest BCUT2D eigenvalue weighted by Gasteiger charge is 2.27. The average molecular weight is 291 g/mol. The molecule has 4 rings (SSSR count). The number of Topliss-reactive ketones (excluding diaryl/α,β-unsaturated/α-hetero) is 1. The van der Waals surface area contributed by atoms with Crippen LogP contribution in [0.4, 0.5) is 0 Å². The molecular weight excluding hydrogens is 274 g/mol. The number of carbonyl (C=O) groups is 1. The van der Waals surface area contributed by atoms with Crippen molar-refractivity contribution in [1.82, 2.24) is 14.5 Å². The minimum atomic E-state index is 0.139. The zero-order valence-corrected chi connectivity index (χ0v) is 12.7. The molecule has 1 N–H and O–H groups in total. The molecule has 1 aliphatic carbocycles. The minimum absolute atomic E-state index is 0.139. The van der Waals surface area contributed by atoms with Crippen LogP contribution in [0.2, 0.25) is 0 Å². The van der Waals surface area contributed by atoms with E-state index in [-0.39, 0.29) is 5.78 Å². The Morgan fingerprint density at radius 2 is 2.09 bits per heavy atom. The smallest absolute Gasteiger partial charge is 0.191 e. The van der Waals surface area contributed by atoms with Gasteiger partial charge in [0, 0.05) is 34.9 Å². The second kappa shape index (κ2) is 4.70. The molecule has 3 aromatic rings. The van der Waals surface area contributed by atoms with Gasteiger partial charge in [0.2, 0.25) is 0 Å². The van der Waals surface area contributed by atoms with Crippen molar-refractivity contribution in [1.29, 1.82) is 0 Å². The summed E-state index contributed by atoms with van der Waals surface area (Å²) in [6.45, 7) is 1.97. The fourth-order valence-electron chi connectivity index (χ4n) is 3.34. The number of benzene rings is 1. The number of aromatic nitrogens is 3. The molecule has 0 saturated heterocycles. The van der Waals surface area contributed by atoms with Gasteiger partial charge in [-0.15, -0.1) is 0 Å². The van der Waals surface area contributed by atoms with Crippen molar-refractivity contribution < 1.29 is 4.79 Å². The Bertz CT molecular complexity index is 927. The average Bonchev–Trinajstić information content (AvgIpc) is 3.05. The van der Waals surface area contributed by atoms with Crippen molar-refractivity contribution in [3.05, 3.63) is 58.8 Å². The maximum atomic E-state index is 13.0. The first-order valence-corrected chi connectivity index (χ1v) is 7.48. The van der Waals surface area contributed by atoms with Crippen LogP contribution < -0.4 is 0 Å².